The van der Waals surface area contributed by atoms with Gasteiger partial charge in [0.1, 0.15) is 5.75 Å². The molecule has 3 N–H and O–H groups in total. The first-order valence-electron chi connectivity index (χ1n) is 5.43. The summed E-state index contributed by atoms with van der Waals surface area (Å²) in [6, 6.07) is 5.07. The zero-order valence-electron chi connectivity index (χ0n) is 10.2. The van der Waals surface area contributed by atoms with E-state index in [4.69, 9.17) is 10.5 Å². The second-order valence-electron chi connectivity index (χ2n) is 4.17. The first-order valence-corrected chi connectivity index (χ1v) is 6.63. The summed E-state index contributed by atoms with van der Waals surface area (Å²) >= 11 is 7.97. The quantitative estimate of drug-likeness (QED) is 0.832. The van der Waals surface area contributed by atoms with E-state index in [0.29, 0.717) is 23.8 Å². The van der Waals surface area contributed by atoms with E-state index in [0.717, 1.165) is 4.47 Å². The van der Waals surface area contributed by atoms with E-state index in [1.54, 1.807) is 18.2 Å². The van der Waals surface area contributed by atoms with E-state index in [9.17, 15) is 4.79 Å². The van der Waals surface area contributed by atoms with Gasteiger partial charge in [0.15, 0.2) is 5.11 Å². The van der Waals surface area contributed by atoms with Crippen molar-refractivity contribution in [3.05, 3.63) is 28.2 Å². The molecule has 0 aromatic heterocycles. The van der Waals surface area contributed by atoms with Gasteiger partial charge in [-0.05, 0) is 52.3 Å². The molecule has 0 aliphatic heterocycles. The molecule has 0 heterocycles. The van der Waals surface area contributed by atoms with Gasteiger partial charge in [0, 0.05) is 5.56 Å². The third-order valence-electron chi connectivity index (χ3n) is 2.00. The van der Waals surface area contributed by atoms with Crippen molar-refractivity contribution < 1.29 is 9.53 Å². The Balaban J connectivity index is 2.78. The number of nitrogens with one attached hydrogen (secondary N) is 1. The van der Waals surface area contributed by atoms with Crippen molar-refractivity contribution in [1.29, 1.82) is 0 Å². The highest BCUT2D eigenvalue weighted by atomic mass is 79.9. The number of ether oxygens (including phenoxy) is 1. The third kappa shape index (κ3) is 4.62. The summed E-state index contributed by atoms with van der Waals surface area (Å²) in [6.07, 6.45) is 0. The van der Waals surface area contributed by atoms with E-state index >= 15 is 0 Å². The van der Waals surface area contributed by atoms with Crippen LogP contribution in [0, 0.1) is 5.92 Å². The Hall–Kier alpha value is -1.14. The number of carbonyl (C=O) groups excluding carboxylic acids is 1. The van der Waals surface area contributed by atoms with E-state index in [1.807, 2.05) is 0 Å². The molecule has 6 heteroatoms. The third-order valence-corrected chi connectivity index (χ3v) is 2.72. The molecule has 18 heavy (non-hydrogen) atoms. The summed E-state index contributed by atoms with van der Waals surface area (Å²) in [5, 5.41) is 2.32. The zero-order valence-corrected chi connectivity index (χ0v) is 12.6. The smallest absolute Gasteiger partial charge is 0.257 e. The average molecular weight is 331 g/mol. The minimum absolute atomic E-state index is 0.0451. The molecular weight excluding hydrogens is 316 g/mol. The molecule has 1 aromatic rings. The Bertz CT molecular complexity index is 463. The van der Waals surface area contributed by atoms with Crippen LogP contribution in [0.25, 0.3) is 0 Å². The largest absolute Gasteiger partial charge is 0.492 e. The molecule has 1 amide bonds. The van der Waals surface area contributed by atoms with Gasteiger partial charge in [-0.2, -0.15) is 0 Å². The molecule has 0 saturated heterocycles. The molecule has 0 bridgehead atoms. The van der Waals surface area contributed by atoms with Gasteiger partial charge in [-0.1, -0.05) is 13.8 Å². The predicted molar refractivity (Wildman–Crippen MR) is 78.7 cm³/mol. The molecule has 0 spiro atoms. The summed E-state index contributed by atoms with van der Waals surface area (Å²) in [7, 11) is 0. The highest BCUT2D eigenvalue weighted by Gasteiger charge is 2.10. The first-order chi connectivity index (χ1) is 8.40. The van der Waals surface area contributed by atoms with Gasteiger partial charge in [0.05, 0.1) is 11.1 Å². The lowest BCUT2D eigenvalue weighted by atomic mass is 10.2. The van der Waals surface area contributed by atoms with E-state index in [2.05, 4.69) is 47.3 Å². The van der Waals surface area contributed by atoms with Crippen LogP contribution in [0.2, 0.25) is 0 Å². The van der Waals surface area contributed by atoms with Crippen LogP contribution in [0.4, 0.5) is 0 Å². The van der Waals surface area contributed by atoms with Crippen LogP contribution in [0.1, 0.15) is 24.2 Å². The molecule has 0 radical (unpaired) electrons. The molecule has 1 rings (SSSR count). The zero-order chi connectivity index (χ0) is 13.7. The van der Waals surface area contributed by atoms with Crippen molar-refractivity contribution >= 4 is 39.2 Å². The molecule has 0 fully saturated rings. The Morgan fingerprint density at radius 3 is 2.72 bits per heavy atom. The molecular formula is C12H15BrN2O2S. The number of thiocarbonyl (C=S) groups is 1. The summed E-state index contributed by atoms with van der Waals surface area (Å²) in [4.78, 5) is 11.6. The maximum atomic E-state index is 11.6. The molecule has 1 aromatic carbocycles. The second-order valence-corrected chi connectivity index (χ2v) is 5.46. The summed E-state index contributed by atoms with van der Waals surface area (Å²) in [5.41, 5.74) is 5.71. The fraction of sp³-hybridized carbons (Fsp3) is 0.333. The topological polar surface area (TPSA) is 64.3 Å². The summed E-state index contributed by atoms with van der Waals surface area (Å²) in [6.45, 7) is 4.76. The number of benzene rings is 1. The van der Waals surface area contributed by atoms with Crippen molar-refractivity contribution in [3.63, 3.8) is 0 Å². The van der Waals surface area contributed by atoms with Crippen LogP contribution >= 0.6 is 28.1 Å². The Morgan fingerprint density at radius 1 is 1.56 bits per heavy atom. The van der Waals surface area contributed by atoms with E-state index in [-0.39, 0.29) is 11.0 Å². The summed E-state index contributed by atoms with van der Waals surface area (Å²) in [5.74, 6) is 0.809. The standard InChI is InChI=1S/C12H15BrN2O2S/c1-7(2)6-17-10-4-3-8(5-9(10)13)11(16)15-12(14)18/h3-5,7H,6H2,1-2H3,(H3,14,15,16,18). The summed E-state index contributed by atoms with van der Waals surface area (Å²) < 4.78 is 6.31. The van der Waals surface area contributed by atoms with Crippen LogP contribution in [-0.4, -0.2) is 17.6 Å². The highest BCUT2D eigenvalue weighted by Crippen LogP contribution is 2.26. The van der Waals surface area contributed by atoms with Crippen LogP contribution in [0.5, 0.6) is 5.75 Å². The number of halogens is 1. The monoisotopic (exact) mass is 330 g/mol. The maximum absolute atomic E-state index is 11.6. The van der Waals surface area contributed by atoms with Crippen LogP contribution in [-0.2, 0) is 0 Å². The molecule has 0 aliphatic carbocycles. The lowest BCUT2D eigenvalue weighted by Gasteiger charge is -2.11. The SMILES string of the molecule is CC(C)COc1ccc(C(=O)NC(N)=S)cc1Br. The van der Waals surface area contributed by atoms with Crippen molar-refractivity contribution in [2.45, 2.75) is 13.8 Å². The second kappa shape index (κ2) is 6.70. The van der Waals surface area contributed by atoms with Crippen LogP contribution in [0.15, 0.2) is 22.7 Å². The molecule has 4 nitrogen and oxygen atoms in total. The van der Waals surface area contributed by atoms with Gasteiger partial charge in [0.25, 0.3) is 5.91 Å². The number of hydrogen-bond acceptors (Lipinski definition) is 3. The van der Waals surface area contributed by atoms with Crippen molar-refractivity contribution in [2.24, 2.45) is 11.7 Å². The van der Waals surface area contributed by atoms with Gasteiger partial charge in [0.2, 0.25) is 0 Å². The Labute approximate surface area is 120 Å². The van der Waals surface area contributed by atoms with Crippen molar-refractivity contribution in [2.75, 3.05) is 6.61 Å². The predicted octanol–water partition coefficient (Wildman–Crippen LogP) is 2.46. The van der Waals surface area contributed by atoms with Crippen molar-refractivity contribution in [3.8, 4) is 5.75 Å². The fourth-order valence-corrected chi connectivity index (χ4v) is 1.79. The van der Waals surface area contributed by atoms with E-state index < -0.39 is 0 Å². The minimum Gasteiger partial charge on any atom is -0.492 e. The number of amides is 1. The Kier molecular flexibility index (Phi) is 5.55. The molecule has 0 saturated carbocycles. The highest BCUT2D eigenvalue weighted by molar-refractivity contribution is 9.10. The first kappa shape index (κ1) is 14.9. The van der Waals surface area contributed by atoms with Gasteiger partial charge in [-0.15, -0.1) is 0 Å². The van der Waals surface area contributed by atoms with Crippen LogP contribution < -0.4 is 15.8 Å². The lowest BCUT2D eigenvalue weighted by Crippen LogP contribution is -2.34. The maximum Gasteiger partial charge on any atom is 0.257 e. The minimum atomic E-state index is -0.335. The number of nitrogens with two attached hydrogens (primary N) is 1. The normalized spacial score (nSPS) is 10.2. The molecule has 0 atom stereocenters. The van der Waals surface area contributed by atoms with Gasteiger partial charge in [-0.3, -0.25) is 10.1 Å². The lowest BCUT2D eigenvalue weighted by molar-refractivity contribution is 0.0977. The van der Waals surface area contributed by atoms with E-state index in [1.165, 1.54) is 0 Å². The number of hydrogen-bond donors (Lipinski definition) is 2. The number of carbonyl (C=O) groups is 1. The molecule has 0 aliphatic rings. The van der Waals surface area contributed by atoms with Crippen molar-refractivity contribution in [1.82, 2.24) is 5.32 Å². The number of rotatable bonds is 4. The van der Waals surface area contributed by atoms with Crippen LogP contribution in [0.3, 0.4) is 0 Å². The van der Waals surface area contributed by atoms with Gasteiger partial charge >= 0.3 is 0 Å². The van der Waals surface area contributed by atoms with Gasteiger partial charge < -0.3 is 10.5 Å². The fourth-order valence-electron chi connectivity index (χ4n) is 1.20. The Morgan fingerprint density at radius 2 is 2.22 bits per heavy atom. The molecule has 98 valence electrons. The van der Waals surface area contributed by atoms with Gasteiger partial charge in [-0.25, -0.2) is 0 Å². The molecule has 0 unspecified atom stereocenters. The average Bonchev–Trinajstić information content (AvgIpc) is 2.26.